The lowest BCUT2D eigenvalue weighted by molar-refractivity contribution is -0.126. The number of aromatic nitrogens is 3. The van der Waals surface area contributed by atoms with Gasteiger partial charge in [-0.2, -0.15) is 0 Å². The lowest BCUT2D eigenvalue weighted by Crippen LogP contribution is -2.41. The van der Waals surface area contributed by atoms with Gasteiger partial charge in [-0.25, -0.2) is 4.98 Å². The molecule has 0 saturated carbocycles. The standard InChI is InChI=1S/C21H21N5O4S/c1-2-7-24-15(10-14-18(24)22-16-5-3-4-8-25(16)19(14)28)20(29)23-9-6-13(11-23)26-17(27)12-31-21(26)30/h3-5,8,10,13H,2,6-7,9,11-12H2,1H3. The van der Waals surface area contributed by atoms with E-state index in [0.717, 1.165) is 18.2 Å². The third kappa shape index (κ3) is 3.13. The number of aryl methyl sites for hydroxylation is 1. The summed E-state index contributed by atoms with van der Waals surface area (Å²) in [6, 6.07) is 6.67. The number of rotatable bonds is 4. The summed E-state index contributed by atoms with van der Waals surface area (Å²) in [6.45, 7) is 3.31. The monoisotopic (exact) mass is 439 g/mol. The highest BCUT2D eigenvalue weighted by Gasteiger charge is 2.40. The predicted molar refractivity (Wildman–Crippen MR) is 116 cm³/mol. The fourth-order valence-electron chi connectivity index (χ4n) is 4.40. The average molecular weight is 439 g/mol. The van der Waals surface area contributed by atoms with Gasteiger partial charge in [0, 0.05) is 25.8 Å². The van der Waals surface area contributed by atoms with Crippen molar-refractivity contribution in [1.29, 1.82) is 0 Å². The highest BCUT2D eigenvalue weighted by molar-refractivity contribution is 8.14. The van der Waals surface area contributed by atoms with Crippen LogP contribution in [0.4, 0.5) is 4.79 Å². The maximum Gasteiger partial charge on any atom is 0.289 e. The Morgan fingerprint density at radius 2 is 2.10 bits per heavy atom. The number of pyridine rings is 1. The van der Waals surface area contributed by atoms with Gasteiger partial charge in [0.05, 0.1) is 17.2 Å². The molecule has 0 bridgehead atoms. The summed E-state index contributed by atoms with van der Waals surface area (Å²) in [6.07, 6.45) is 3.00. The number of hydrogen-bond acceptors (Lipinski definition) is 6. The van der Waals surface area contributed by atoms with Gasteiger partial charge in [0.15, 0.2) is 0 Å². The van der Waals surface area contributed by atoms with Crippen molar-refractivity contribution in [2.24, 2.45) is 0 Å². The molecule has 1 unspecified atom stereocenters. The van der Waals surface area contributed by atoms with Gasteiger partial charge in [-0.05, 0) is 31.0 Å². The fourth-order valence-corrected chi connectivity index (χ4v) is 5.17. The summed E-state index contributed by atoms with van der Waals surface area (Å²) >= 11 is 1.01. The Morgan fingerprint density at radius 3 is 2.84 bits per heavy atom. The second-order valence-electron chi connectivity index (χ2n) is 7.78. The molecule has 5 rings (SSSR count). The van der Waals surface area contributed by atoms with E-state index < -0.39 is 0 Å². The van der Waals surface area contributed by atoms with Gasteiger partial charge >= 0.3 is 0 Å². The Balaban J connectivity index is 1.53. The molecule has 5 heterocycles. The lowest BCUT2D eigenvalue weighted by atomic mass is 10.2. The van der Waals surface area contributed by atoms with Gasteiger partial charge in [-0.1, -0.05) is 24.8 Å². The molecule has 2 aliphatic rings. The number of imide groups is 1. The second kappa shape index (κ2) is 7.52. The summed E-state index contributed by atoms with van der Waals surface area (Å²) in [5.41, 5.74) is 1.22. The summed E-state index contributed by atoms with van der Waals surface area (Å²) in [7, 11) is 0. The maximum atomic E-state index is 13.4. The normalized spacial score (nSPS) is 19.3. The van der Waals surface area contributed by atoms with Crippen molar-refractivity contribution in [2.75, 3.05) is 18.8 Å². The number of fused-ring (bicyclic) bond motifs is 2. The zero-order valence-electron chi connectivity index (χ0n) is 17.0. The molecule has 0 aliphatic carbocycles. The highest BCUT2D eigenvalue weighted by atomic mass is 32.2. The van der Waals surface area contributed by atoms with E-state index in [2.05, 4.69) is 4.98 Å². The minimum Gasteiger partial charge on any atom is -0.335 e. The van der Waals surface area contributed by atoms with Crippen LogP contribution < -0.4 is 5.56 Å². The first kappa shape index (κ1) is 19.8. The van der Waals surface area contributed by atoms with Crippen LogP contribution in [0.1, 0.15) is 30.3 Å². The van der Waals surface area contributed by atoms with Crippen LogP contribution in [-0.2, 0) is 11.3 Å². The lowest BCUT2D eigenvalue weighted by Gasteiger charge is -2.22. The number of thioether (sulfide) groups is 1. The molecule has 160 valence electrons. The number of likely N-dealkylation sites (tertiary alicyclic amines) is 1. The van der Waals surface area contributed by atoms with Crippen LogP contribution >= 0.6 is 11.8 Å². The number of hydrogen-bond donors (Lipinski definition) is 0. The molecule has 0 radical (unpaired) electrons. The fraction of sp³-hybridized carbons (Fsp3) is 0.381. The van der Waals surface area contributed by atoms with Crippen molar-refractivity contribution in [3.8, 4) is 0 Å². The molecular weight excluding hydrogens is 418 g/mol. The molecular formula is C21H21N5O4S. The first-order valence-electron chi connectivity index (χ1n) is 10.3. The van der Waals surface area contributed by atoms with Crippen LogP contribution in [0.25, 0.3) is 16.7 Å². The SMILES string of the molecule is CCCn1c(C(=O)N2CCC(N3C(=O)CSC3=O)C2)cc2c(=O)n3ccccc3nc21. The highest BCUT2D eigenvalue weighted by Crippen LogP contribution is 2.27. The molecule has 9 nitrogen and oxygen atoms in total. The van der Waals surface area contributed by atoms with Gasteiger partial charge < -0.3 is 9.47 Å². The van der Waals surface area contributed by atoms with Crippen molar-refractivity contribution in [3.05, 3.63) is 46.5 Å². The minimum atomic E-state index is -0.297. The van der Waals surface area contributed by atoms with Crippen molar-refractivity contribution in [2.45, 2.75) is 32.4 Å². The summed E-state index contributed by atoms with van der Waals surface area (Å²) in [5, 5.41) is 0.158. The van der Waals surface area contributed by atoms with E-state index in [1.165, 1.54) is 9.30 Å². The molecule has 1 atom stereocenters. The number of nitrogens with zero attached hydrogens (tertiary/aromatic N) is 5. The molecule has 2 fully saturated rings. The van der Waals surface area contributed by atoms with Gasteiger partial charge in [-0.15, -0.1) is 0 Å². The van der Waals surface area contributed by atoms with Crippen LogP contribution in [0, 0.1) is 0 Å². The Hall–Kier alpha value is -3.14. The van der Waals surface area contributed by atoms with Crippen molar-refractivity contribution < 1.29 is 14.4 Å². The molecule has 0 spiro atoms. The topological polar surface area (TPSA) is 97.0 Å². The molecule has 2 aliphatic heterocycles. The molecule has 3 aromatic rings. The van der Waals surface area contributed by atoms with E-state index in [0.29, 0.717) is 48.4 Å². The van der Waals surface area contributed by atoms with Crippen molar-refractivity contribution >= 4 is 45.5 Å². The molecule has 10 heteroatoms. The summed E-state index contributed by atoms with van der Waals surface area (Å²) in [4.78, 5) is 58.1. The quantitative estimate of drug-likeness (QED) is 0.617. The van der Waals surface area contributed by atoms with E-state index in [1.807, 2.05) is 13.0 Å². The van der Waals surface area contributed by atoms with Crippen LogP contribution in [0.5, 0.6) is 0 Å². The van der Waals surface area contributed by atoms with Crippen molar-refractivity contribution in [1.82, 2.24) is 23.8 Å². The zero-order valence-corrected chi connectivity index (χ0v) is 17.8. The molecule has 3 aromatic heterocycles. The molecule has 2 saturated heterocycles. The minimum absolute atomic E-state index is 0.164. The maximum absolute atomic E-state index is 13.4. The van der Waals surface area contributed by atoms with Crippen molar-refractivity contribution in [3.63, 3.8) is 0 Å². The van der Waals surface area contributed by atoms with E-state index in [9.17, 15) is 19.2 Å². The summed E-state index contributed by atoms with van der Waals surface area (Å²) < 4.78 is 3.28. The molecule has 3 amide bonds. The Kier molecular flexibility index (Phi) is 4.81. The molecule has 0 N–H and O–H groups in total. The van der Waals surface area contributed by atoms with E-state index in [1.54, 1.807) is 33.9 Å². The van der Waals surface area contributed by atoms with E-state index in [-0.39, 0.29) is 34.4 Å². The van der Waals surface area contributed by atoms with Crippen LogP contribution in [0.15, 0.2) is 35.3 Å². The Bertz CT molecular complexity index is 1280. The largest absolute Gasteiger partial charge is 0.335 e. The zero-order chi connectivity index (χ0) is 21.7. The number of carbonyl (C=O) groups is 3. The van der Waals surface area contributed by atoms with Gasteiger partial charge in [0.1, 0.15) is 17.0 Å². The third-order valence-corrected chi connectivity index (χ3v) is 6.68. The van der Waals surface area contributed by atoms with Gasteiger partial charge in [0.25, 0.3) is 16.7 Å². The first-order valence-corrected chi connectivity index (χ1v) is 11.3. The Morgan fingerprint density at radius 1 is 1.26 bits per heavy atom. The summed E-state index contributed by atoms with van der Waals surface area (Å²) in [5.74, 6) is -0.246. The van der Waals surface area contributed by atoms with Crippen LogP contribution in [0.2, 0.25) is 0 Å². The average Bonchev–Trinajstić information content (AvgIpc) is 3.46. The molecule has 0 aromatic carbocycles. The smallest absolute Gasteiger partial charge is 0.289 e. The van der Waals surface area contributed by atoms with Crippen LogP contribution in [-0.4, -0.2) is 65.7 Å². The number of amides is 3. The number of carbonyl (C=O) groups excluding carboxylic acids is 3. The van der Waals surface area contributed by atoms with E-state index in [4.69, 9.17) is 0 Å². The Labute approximate surface area is 181 Å². The second-order valence-corrected chi connectivity index (χ2v) is 8.70. The first-order chi connectivity index (χ1) is 15.0. The predicted octanol–water partition coefficient (Wildman–Crippen LogP) is 1.97. The van der Waals surface area contributed by atoms with Gasteiger partial charge in [-0.3, -0.25) is 28.5 Å². The van der Waals surface area contributed by atoms with E-state index >= 15 is 0 Å². The van der Waals surface area contributed by atoms with Crippen LogP contribution in [0.3, 0.4) is 0 Å². The third-order valence-electron chi connectivity index (χ3n) is 5.84. The molecule has 31 heavy (non-hydrogen) atoms. The van der Waals surface area contributed by atoms with Gasteiger partial charge in [0.2, 0.25) is 5.91 Å².